The van der Waals surface area contributed by atoms with E-state index in [0.717, 1.165) is 16.7 Å². The van der Waals surface area contributed by atoms with Crippen LogP contribution in [0.5, 0.6) is 0 Å². The summed E-state index contributed by atoms with van der Waals surface area (Å²) in [5, 5.41) is 18.0. The van der Waals surface area contributed by atoms with Crippen LogP contribution in [0.15, 0.2) is 54.6 Å². The van der Waals surface area contributed by atoms with Gasteiger partial charge in [-0.15, -0.1) is 0 Å². The van der Waals surface area contributed by atoms with E-state index in [-0.39, 0.29) is 11.8 Å². The highest BCUT2D eigenvalue weighted by molar-refractivity contribution is 5.36. The number of nitriles is 2. The molecule has 2 aromatic rings. The lowest BCUT2D eigenvalue weighted by Crippen LogP contribution is -2.01. The molecule has 0 N–H and O–H groups in total. The molecule has 2 heteroatoms. The van der Waals surface area contributed by atoms with Crippen LogP contribution in [0.25, 0.3) is 0 Å². The molecule has 2 unspecified atom stereocenters. The van der Waals surface area contributed by atoms with Gasteiger partial charge in [0.2, 0.25) is 0 Å². The topological polar surface area (TPSA) is 47.6 Å². The first-order valence-electron chi connectivity index (χ1n) is 6.67. The first-order chi connectivity index (χ1) is 9.76. The second-order valence-electron chi connectivity index (χ2n) is 4.84. The van der Waals surface area contributed by atoms with Crippen molar-refractivity contribution >= 4 is 0 Å². The molecular formula is C18H16N2. The van der Waals surface area contributed by atoms with Crippen molar-refractivity contribution in [3.8, 4) is 12.1 Å². The summed E-state index contributed by atoms with van der Waals surface area (Å²) in [6.45, 7) is 1.89. The smallest absolute Gasteiger partial charge is 0.0700 e. The number of hydrogen-bond acceptors (Lipinski definition) is 2. The zero-order valence-electron chi connectivity index (χ0n) is 11.5. The maximum atomic E-state index is 9.05. The average Bonchev–Trinajstić information content (AvgIpc) is 2.53. The third kappa shape index (κ3) is 3.05. The van der Waals surface area contributed by atoms with Crippen LogP contribution in [0.3, 0.4) is 0 Å². The van der Waals surface area contributed by atoms with E-state index in [1.807, 2.05) is 61.5 Å². The van der Waals surface area contributed by atoms with Gasteiger partial charge in [0.05, 0.1) is 18.1 Å². The lowest BCUT2D eigenvalue weighted by molar-refractivity contribution is 0.835. The number of hydrogen-bond donors (Lipinski definition) is 0. The molecule has 0 spiro atoms. The number of benzene rings is 2. The van der Waals surface area contributed by atoms with Gasteiger partial charge in [0, 0.05) is 12.3 Å². The number of nitrogens with zero attached hydrogens (tertiary/aromatic N) is 2. The third-order valence-electron chi connectivity index (χ3n) is 3.53. The molecule has 0 aliphatic carbocycles. The van der Waals surface area contributed by atoms with Crippen LogP contribution in [0.2, 0.25) is 0 Å². The Kier molecular flexibility index (Phi) is 4.53. The van der Waals surface area contributed by atoms with E-state index in [9.17, 15) is 0 Å². The zero-order chi connectivity index (χ0) is 14.4. The molecule has 0 heterocycles. The molecule has 2 aromatic carbocycles. The van der Waals surface area contributed by atoms with Crippen LogP contribution in [-0.4, -0.2) is 0 Å². The van der Waals surface area contributed by atoms with Crippen molar-refractivity contribution in [3.63, 3.8) is 0 Å². The highest BCUT2D eigenvalue weighted by Gasteiger charge is 2.14. The summed E-state index contributed by atoms with van der Waals surface area (Å²) in [5.41, 5.74) is 3.28. The van der Waals surface area contributed by atoms with Gasteiger partial charge in [0.1, 0.15) is 0 Å². The summed E-state index contributed by atoms with van der Waals surface area (Å²) in [4.78, 5) is 0. The molecule has 2 atom stereocenters. The second-order valence-corrected chi connectivity index (χ2v) is 4.84. The summed E-state index contributed by atoms with van der Waals surface area (Å²) in [5.74, 6) is -0.0113. The summed E-state index contributed by atoms with van der Waals surface area (Å²) in [7, 11) is 0. The summed E-state index contributed by atoms with van der Waals surface area (Å²) in [6.07, 6.45) is 0.456. The predicted molar refractivity (Wildman–Crippen MR) is 79.0 cm³/mol. The second kappa shape index (κ2) is 6.55. The Labute approximate surface area is 119 Å². The molecule has 0 fully saturated rings. The maximum absolute atomic E-state index is 9.05. The van der Waals surface area contributed by atoms with Crippen molar-refractivity contribution < 1.29 is 0 Å². The van der Waals surface area contributed by atoms with Crippen LogP contribution >= 0.6 is 0 Å². The molecule has 0 aliphatic heterocycles. The largest absolute Gasteiger partial charge is 0.198 e. The van der Waals surface area contributed by atoms with Gasteiger partial charge in [-0.2, -0.15) is 10.5 Å². The average molecular weight is 260 g/mol. The minimum absolute atomic E-state index is 0.0904. The van der Waals surface area contributed by atoms with Crippen molar-refractivity contribution in [1.29, 1.82) is 10.5 Å². The molecule has 98 valence electrons. The molecular weight excluding hydrogens is 244 g/mol. The molecule has 20 heavy (non-hydrogen) atoms. The monoisotopic (exact) mass is 260 g/mol. The van der Waals surface area contributed by atoms with Gasteiger partial charge in [0.25, 0.3) is 0 Å². The third-order valence-corrected chi connectivity index (χ3v) is 3.53. The molecule has 0 aliphatic rings. The van der Waals surface area contributed by atoms with Crippen molar-refractivity contribution in [1.82, 2.24) is 0 Å². The fraction of sp³-hybridized carbons (Fsp3) is 0.222. The standard InChI is InChI=1S/C18H16N2/c1-14(13-20)15-7-9-17(10-8-15)18(11-12-19)16-5-3-2-4-6-16/h2-10,14,18H,11H2,1H3. The quantitative estimate of drug-likeness (QED) is 0.820. The molecule has 2 rings (SSSR count). The van der Waals surface area contributed by atoms with E-state index in [4.69, 9.17) is 10.5 Å². The first-order valence-corrected chi connectivity index (χ1v) is 6.67. The van der Waals surface area contributed by atoms with Gasteiger partial charge < -0.3 is 0 Å². The van der Waals surface area contributed by atoms with Gasteiger partial charge in [-0.25, -0.2) is 0 Å². The van der Waals surface area contributed by atoms with E-state index in [2.05, 4.69) is 12.1 Å². The van der Waals surface area contributed by atoms with E-state index >= 15 is 0 Å². The first kappa shape index (κ1) is 13.8. The molecule has 0 saturated carbocycles. The Morgan fingerprint density at radius 3 is 1.95 bits per heavy atom. The molecule has 0 radical (unpaired) electrons. The molecule has 0 aromatic heterocycles. The van der Waals surface area contributed by atoms with Crippen LogP contribution in [0.1, 0.15) is 41.9 Å². The normalized spacial score (nSPS) is 12.9. The summed E-state index contributed by atoms with van der Waals surface area (Å²) >= 11 is 0. The van der Waals surface area contributed by atoms with Crippen molar-refractivity contribution in [2.75, 3.05) is 0 Å². The Morgan fingerprint density at radius 1 is 0.850 bits per heavy atom. The fourth-order valence-electron chi connectivity index (χ4n) is 2.30. The maximum Gasteiger partial charge on any atom is 0.0700 e. The predicted octanol–water partition coefficient (Wildman–Crippen LogP) is 4.36. The van der Waals surface area contributed by atoms with Crippen LogP contribution in [0, 0.1) is 22.7 Å². The van der Waals surface area contributed by atoms with Crippen LogP contribution in [-0.2, 0) is 0 Å². The Morgan fingerprint density at radius 2 is 1.40 bits per heavy atom. The van der Waals surface area contributed by atoms with Crippen LogP contribution < -0.4 is 0 Å². The lowest BCUT2D eigenvalue weighted by Gasteiger charge is -2.15. The Balaban J connectivity index is 2.32. The van der Waals surface area contributed by atoms with Gasteiger partial charge >= 0.3 is 0 Å². The minimum atomic E-state index is -0.102. The van der Waals surface area contributed by atoms with E-state index in [1.165, 1.54) is 0 Å². The SMILES string of the molecule is CC(C#N)c1ccc(C(CC#N)c2ccccc2)cc1. The van der Waals surface area contributed by atoms with E-state index < -0.39 is 0 Å². The fourth-order valence-corrected chi connectivity index (χ4v) is 2.30. The highest BCUT2D eigenvalue weighted by atomic mass is 14.3. The van der Waals surface area contributed by atoms with Crippen molar-refractivity contribution in [2.45, 2.75) is 25.2 Å². The summed E-state index contributed by atoms with van der Waals surface area (Å²) < 4.78 is 0. The molecule has 2 nitrogen and oxygen atoms in total. The summed E-state index contributed by atoms with van der Waals surface area (Å²) in [6, 6.07) is 22.6. The van der Waals surface area contributed by atoms with E-state index in [1.54, 1.807) is 0 Å². The van der Waals surface area contributed by atoms with Gasteiger partial charge in [-0.3, -0.25) is 0 Å². The molecule has 0 saturated heterocycles. The Hall–Kier alpha value is -2.58. The molecule has 0 amide bonds. The van der Waals surface area contributed by atoms with E-state index in [0.29, 0.717) is 6.42 Å². The Bertz CT molecular complexity index is 630. The number of rotatable bonds is 4. The highest BCUT2D eigenvalue weighted by Crippen LogP contribution is 2.28. The van der Waals surface area contributed by atoms with Gasteiger partial charge in [0.15, 0.2) is 0 Å². The minimum Gasteiger partial charge on any atom is -0.198 e. The lowest BCUT2D eigenvalue weighted by atomic mass is 9.88. The van der Waals surface area contributed by atoms with Crippen LogP contribution in [0.4, 0.5) is 0 Å². The van der Waals surface area contributed by atoms with Gasteiger partial charge in [-0.1, -0.05) is 54.6 Å². The molecule has 0 bridgehead atoms. The van der Waals surface area contributed by atoms with Crippen molar-refractivity contribution in [2.24, 2.45) is 0 Å². The zero-order valence-corrected chi connectivity index (χ0v) is 11.5. The van der Waals surface area contributed by atoms with Crippen molar-refractivity contribution in [3.05, 3.63) is 71.3 Å². The van der Waals surface area contributed by atoms with Gasteiger partial charge in [-0.05, 0) is 23.6 Å².